The Labute approximate surface area is 223 Å². The van der Waals surface area contributed by atoms with Crippen molar-refractivity contribution in [2.24, 2.45) is 0 Å². The normalized spacial score (nSPS) is 12.1. The molecule has 1 N–H and O–H groups in total. The van der Waals surface area contributed by atoms with Crippen molar-refractivity contribution in [3.8, 4) is 0 Å². The summed E-state index contributed by atoms with van der Waals surface area (Å²) in [6.45, 7) is 22.5. The number of hydrogen-bond donors (Lipinski definition) is 1. The summed E-state index contributed by atoms with van der Waals surface area (Å²) in [7, 11) is 3.28. The molecule has 0 aliphatic heterocycles. The summed E-state index contributed by atoms with van der Waals surface area (Å²) in [5.74, 6) is 1.45. The largest absolute Gasteiger partial charge is 0.501 e. The predicted molar refractivity (Wildman–Crippen MR) is 159 cm³/mol. The van der Waals surface area contributed by atoms with E-state index < -0.39 is 0 Å². The zero-order valence-corrected chi connectivity index (χ0v) is 23.5. The quantitative estimate of drug-likeness (QED) is 0.215. The number of methoxy groups -OCH3 is 2. The van der Waals surface area contributed by atoms with Crippen LogP contribution in [0.2, 0.25) is 0 Å². The van der Waals surface area contributed by atoms with Crippen molar-refractivity contribution >= 4 is 51.4 Å². The second kappa shape index (κ2) is 13.5. The van der Waals surface area contributed by atoms with Crippen LogP contribution in [0.5, 0.6) is 0 Å². The molecular weight excluding hydrogens is 512 g/mol. The Morgan fingerprint density at radius 2 is 1.78 bits per heavy atom. The Balaban J connectivity index is 3.18. The van der Waals surface area contributed by atoms with E-state index in [0.717, 1.165) is 60.6 Å². The zero-order chi connectivity index (χ0) is 26.8. The number of fused-ring (bicyclic) bond motifs is 1. The first-order valence-electron chi connectivity index (χ1n) is 11.5. The maximum atomic E-state index is 5.48. The molecule has 0 aliphatic carbocycles. The van der Waals surface area contributed by atoms with Gasteiger partial charge >= 0.3 is 0 Å². The molecule has 0 aliphatic rings. The van der Waals surface area contributed by atoms with E-state index >= 15 is 0 Å². The minimum atomic E-state index is 0.562. The molecule has 2 aromatic rings. The molecule has 0 saturated carbocycles. The molecule has 0 atom stereocenters. The van der Waals surface area contributed by atoms with Gasteiger partial charge in [-0.3, -0.25) is 4.98 Å². The van der Waals surface area contributed by atoms with Gasteiger partial charge in [0.15, 0.2) is 0 Å². The third-order valence-corrected chi connectivity index (χ3v) is 6.28. The van der Waals surface area contributed by atoms with Gasteiger partial charge in [-0.25, -0.2) is 0 Å². The second-order valence-corrected chi connectivity index (χ2v) is 8.75. The lowest BCUT2D eigenvalue weighted by Crippen LogP contribution is -2.21. The molecule has 0 spiro atoms. The number of ether oxygens (including phenoxy) is 2. The Morgan fingerprint density at radius 3 is 2.39 bits per heavy atom. The van der Waals surface area contributed by atoms with E-state index in [0.29, 0.717) is 12.2 Å². The number of hydrogen-bond acceptors (Lipinski definition) is 4. The van der Waals surface area contributed by atoms with Crippen molar-refractivity contribution in [1.82, 2.24) is 9.33 Å². The van der Waals surface area contributed by atoms with Crippen LogP contribution in [-0.2, 0) is 9.47 Å². The summed E-state index contributed by atoms with van der Waals surface area (Å²) in [5.41, 5.74) is 6.48. The first-order valence-corrected chi connectivity index (χ1v) is 12.3. The fourth-order valence-corrected chi connectivity index (χ4v) is 3.91. The van der Waals surface area contributed by atoms with Crippen LogP contribution in [0.4, 0.5) is 0 Å². The average molecular weight is 548 g/mol. The van der Waals surface area contributed by atoms with Crippen LogP contribution in [0.3, 0.4) is 0 Å². The molecule has 36 heavy (non-hydrogen) atoms. The molecule has 0 bridgehead atoms. The van der Waals surface area contributed by atoms with Crippen molar-refractivity contribution in [3.05, 3.63) is 112 Å². The Kier molecular flexibility index (Phi) is 10.8. The summed E-state index contributed by atoms with van der Waals surface area (Å²) < 4.78 is 13.7. The van der Waals surface area contributed by atoms with Crippen molar-refractivity contribution in [2.45, 2.75) is 27.2 Å². The van der Waals surface area contributed by atoms with Gasteiger partial charge < -0.3 is 13.8 Å². The number of aromatic nitrogens is 1. The third-order valence-electron chi connectivity index (χ3n) is 5.82. The van der Waals surface area contributed by atoms with E-state index in [2.05, 4.69) is 78.9 Å². The number of aryl methyl sites for hydroxylation is 2. The molecule has 0 unspecified atom stereocenters. The first-order chi connectivity index (χ1) is 17.2. The van der Waals surface area contributed by atoms with Gasteiger partial charge in [0.05, 0.1) is 31.3 Å². The number of allylic oxidation sites excluding steroid dienone is 5. The number of halogens is 1. The van der Waals surface area contributed by atoms with Crippen LogP contribution >= 0.6 is 16.1 Å². The zero-order valence-electron chi connectivity index (χ0n) is 21.9. The Hall–Kier alpha value is -3.57. The van der Waals surface area contributed by atoms with E-state index in [-0.39, 0.29) is 0 Å². The molecule has 1 heterocycles. The lowest BCUT2D eigenvalue weighted by Gasteiger charge is -2.12. The highest BCUT2D eigenvalue weighted by molar-refractivity contribution is 9.08. The molecule has 0 amide bonds. The maximum absolute atomic E-state index is 5.48. The SMILES string of the molecule is C=C/C(=C\C(=C)c1c(C)ccc(=C)/c(=C\CC(=C)OC)cnc2c(/C=C(\C)OC)c(C)ccc12)NBr. The second-order valence-electron chi connectivity index (χ2n) is 8.36. The Morgan fingerprint density at radius 1 is 1.08 bits per heavy atom. The standard InChI is InChI=1S/C31H35BrN2O2/c1-10-27(34-32)17-23(5)30-22(4)12-11-20(2)26(15-14-24(6)35-8)19-33-31-28(30)16-13-21(3)29(31)18-25(7)36-9/h10-13,15-19,34H,1-2,5-6,14H2,3-4,7-9H3/b12-11?,25-18+,26-15-,27-17+,30-22?,33-19?. The van der Waals surface area contributed by atoms with Gasteiger partial charge in [0.1, 0.15) is 0 Å². The monoisotopic (exact) mass is 546 g/mol. The fraction of sp³-hybridized carbons (Fsp3) is 0.194. The van der Waals surface area contributed by atoms with Crippen LogP contribution < -0.4 is 14.8 Å². The summed E-state index contributed by atoms with van der Waals surface area (Å²) >= 11 is 3.29. The molecule has 0 radical (unpaired) electrons. The average Bonchev–Trinajstić information content (AvgIpc) is 2.87. The van der Waals surface area contributed by atoms with Gasteiger partial charge in [-0.2, -0.15) is 0 Å². The van der Waals surface area contributed by atoms with E-state index in [1.807, 2.05) is 37.4 Å². The lowest BCUT2D eigenvalue weighted by molar-refractivity contribution is 0.289. The van der Waals surface area contributed by atoms with E-state index in [4.69, 9.17) is 14.5 Å². The molecule has 5 heteroatoms. The van der Waals surface area contributed by atoms with Crippen LogP contribution in [0.25, 0.3) is 35.2 Å². The fourth-order valence-electron chi connectivity index (χ4n) is 3.63. The molecule has 0 fully saturated rings. The maximum Gasteiger partial charge on any atom is 0.0931 e. The minimum absolute atomic E-state index is 0.562. The summed E-state index contributed by atoms with van der Waals surface area (Å²) in [6.07, 6.45) is 10.1. The molecule has 1 aromatic heterocycles. The van der Waals surface area contributed by atoms with Gasteiger partial charge in [-0.15, -0.1) is 0 Å². The van der Waals surface area contributed by atoms with Crippen molar-refractivity contribution in [2.75, 3.05) is 14.2 Å². The number of benzene rings is 1. The van der Waals surface area contributed by atoms with Gasteiger partial charge in [0.2, 0.25) is 0 Å². The highest BCUT2D eigenvalue weighted by atomic mass is 79.9. The van der Waals surface area contributed by atoms with Gasteiger partial charge in [0, 0.05) is 45.4 Å². The lowest BCUT2D eigenvalue weighted by atomic mass is 9.94. The minimum Gasteiger partial charge on any atom is -0.501 e. The highest BCUT2D eigenvalue weighted by Gasteiger charge is 2.11. The topological polar surface area (TPSA) is 43.4 Å². The molecular formula is C31H35BrN2O2. The summed E-state index contributed by atoms with van der Waals surface area (Å²) in [4.78, 5) is 5.02. The molecule has 2 rings (SSSR count). The molecule has 1 aromatic carbocycles. The number of rotatable bonds is 9. The van der Waals surface area contributed by atoms with Crippen molar-refractivity contribution < 1.29 is 9.47 Å². The van der Waals surface area contributed by atoms with E-state index in [1.165, 1.54) is 0 Å². The van der Waals surface area contributed by atoms with Gasteiger partial charge in [-0.05, 0) is 71.7 Å². The van der Waals surface area contributed by atoms with Crippen LogP contribution in [-0.4, -0.2) is 19.2 Å². The third kappa shape index (κ3) is 7.22. The van der Waals surface area contributed by atoms with Gasteiger partial charge in [0.25, 0.3) is 0 Å². The summed E-state index contributed by atoms with van der Waals surface area (Å²) in [6, 6.07) is 8.24. The van der Waals surface area contributed by atoms with E-state index in [9.17, 15) is 0 Å². The van der Waals surface area contributed by atoms with Crippen molar-refractivity contribution in [3.63, 3.8) is 0 Å². The molecule has 4 nitrogen and oxygen atoms in total. The first kappa shape index (κ1) is 28.7. The van der Waals surface area contributed by atoms with Crippen LogP contribution in [0.1, 0.15) is 35.6 Å². The molecule has 188 valence electrons. The van der Waals surface area contributed by atoms with E-state index in [1.54, 1.807) is 20.3 Å². The van der Waals surface area contributed by atoms with Crippen molar-refractivity contribution in [1.29, 1.82) is 0 Å². The predicted octanol–water partition coefficient (Wildman–Crippen LogP) is 6.71. The van der Waals surface area contributed by atoms with Crippen LogP contribution in [0, 0.1) is 13.8 Å². The Bertz CT molecular complexity index is 1420. The number of nitrogens with zero attached hydrogens (tertiary/aromatic N) is 1. The smallest absolute Gasteiger partial charge is 0.0931 e. The highest BCUT2D eigenvalue weighted by Crippen LogP contribution is 2.30. The van der Waals surface area contributed by atoms with Crippen LogP contribution in [0.15, 0.2) is 79.6 Å². The summed E-state index contributed by atoms with van der Waals surface area (Å²) in [5, 5.41) is 2.68. The van der Waals surface area contributed by atoms with Gasteiger partial charge in [-0.1, -0.05) is 56.7 Å². The molecule has 0 saturated heterocycles. The number of nitrogens with one attached hydrogen (secondary N) is 1.